The fraction of sp³-hybridized carbons (Fsp3) is 0.250. The van der Waals surface area contributed by atoms with Crippen LogP contribution in [0, 0.1) is 0 Å². The summed E-state index contributed by atoms with van der Waals surface area (Å²) >= 11 is 5.89. The lowest BCUT2D eigenvalue weighted by molar-refractivity contribution is -0.119. The molecule has 0 atom stereocenters. The molecule has 2 aromatic heterocycles. The van der Waals surface area contributed by atoms with Crippen molar-refractivity contribution >= 4 is 34.2 Å². The molecule has 2 aromatic carbocycles. The van der Waals surface area contributed by atoms with E-state index in [1.165, 1.54) is 17.0 Å². The molecule has 9 heteroatoms. The number of aromatic nitrogens is 5. The van der Waals surface area contributed by atoms with E-state index in [1.807, 2.05) is 0 Å². The lowest BCUT2D eigenvalue weighted by Gasteiger charge is -2.07. The maximum absolute atomic E-state index is 12.4. The average molecular weight is 464 g/mol. The van der Waals surface area contributed by atoms with Gasteiger partial charge in [-0.25, -0.2) is 4.98 Å². The maximum atomic E-state index is 12.4. The number of unbranched alkanes of at least 4 members (excludes halogenated alkanes) is 2. The van der Waals surface area contributed by atoms with Crippen LogP contribution in [-0.4, -0.2) is 36.5 Å². The molecule has 0 radical (unpaired) electrons. The fourth-order valence-corrected chi connectivity index (χ4v) is 3.66. The molecule has 4 rings (SSSR count). The van der Waals surface area contributed by atoms with E-state index in [0.717, 1.165) is 17.5 Å². The summed E-state index contributed by atoms with van der Waals surface area (Å²) in [6, 6.07) is 13.7. The van der Waals surface area contributed by atoms with Gasteiger partial charge in [0.2, 0.25) is 0 Å². The highest BCUT2D eigenvalue weighted by molar-refractivity contribution is 6.30. The van der Waals surface area contributed by atoms with Crippen LogP contribution in [0.1, 0.15) is 42.5 Å². The van der Waals surface area contributed by atoms with E-state index in [-0.39, 0.29) is 23.7 Å². The topological polar surface area (TPSA) is 111 Å². The summed E-state index contributed by atoms with van der Waals surface area (Å²) in [5, 5.41) is 11.1. The van der Waals surface area contributed by atoms with E-state index in [2.05, 4.69) is 20.4 Å². The first-order valence-electron chi connectivity index (χ1n) is 10.7. The largest absolute Gasteiger partial charge is 0.298 e. The molecule has 0 fully saturated rings. The number of carbonyl (C=O) groups excluding carboxylic acids is 2. The summed E-state index contributed by atoms with van der Waals surface area (Å²) in [5.74, 6) is 0.00517. The number of hydrogen-bond donors (Lipinski definition) is 1. The van der Waals surface area contributed by atoms with E-state index in [9.17, 15) is 14.4 Å². The van der Waals surface area contributed by atoms with Crippen molar-refractivity contribution in [1.82, 2.24) is 25.0 Å². The maximum Gasteiger partial charge on any atom is 0.254 e. The Kier molecular flexibility index (Phi) is 7.04. The van der Waals surface area contributed by atoms with E-state index in [4.69, 9.17) is 11.6 Å². The molecule has 0 amide bonds. The zero-order chi connectivity index (χ0) is 23.2. The van der Waals surface area contributed by atoms with Crippen LogP contribution in [0.2, 0.25) is 5.02 Å². The van der Waals surface area contributed by atoms with Gasteiger partial charge in [-0.05, 0) is 43.2 Å². The van der Waals surface area contributed by atoms with E-state index in [0.29, 0.717) is 47.5 Å². The van der Waals surface area contributed by atoms with Gasteiger partial charge in [-0.3, -0.25) is 19.0 Å². The summed E-state index contributed by atoms with van der Waals surface area (Å²) in [4.78, 5) is 41.3. The quantitative estimate of drug-likeness (QED) is 0.278. The Balaban J connectivity index is 1.21. The monoisotopic (exact) mass is 463 g/mol. The van der Waals surface area contributed by atoms with Crippen LogP contribution in [0.5, 0.6) is 0 Å². The van der Waals surface area contributed by atoms with Gasteiger partial charge < -0.3 is 0 Å². The van der Waals surface area contributed by atoms with Crippen molar-refractivity contribution in [2.75, 3.05) is 0 Å². The number of nitrogens with zero attached hydrogens (tertiary/aromatic N) is 4. The number of rotatable bonds is 10. The first-order valence-corrected chi connectivity index (χ1v) is 11.1. The number of aromatic amines is 1. The molecule has 0 aliphatic rings. The number of Topliss-reactive ketones (excluding diaryl/α,β-unsaturated/α-hetero) is 2. The van der Waals surface area contributed by atoms with Gasteiger partial charge in [0, 0.05) is 35.1 Å². The number of benzene rings is 2. The van der Waals surface area contributed by atoms with Gasteiger partial charge in [-0.15, -0.1) is 0 Å². The first-order chi connectivity index (χ1) is 16.0. The molecule has 0 spiro atoms. The Morgan fingerprint density at radius 1 is 0.909 bits per heavy atom. The number of carbonyl (C=O) groups is 2. The van der Waals surface area contributed by atoms with Gasteiger partial charge in [0.05, 0.1) is 18.6 Å². The number of hydrogen-bond acceptors (Lipinski definition) is 6. The van der Waals surface area contributed by atoms with Gasteiger partial charge in [-0.2, -0.15) is 15.4 Å². The zero-order valence-electron chi connectivity index (χ0n) is 17.8. The molecule has 8 nitrogen and oxygen atoms in total. The summed E-state index contributed by atoms with van der Waals surface area (Å²) in [6.45, 7) is -0.0105. The molecule has 33 heavy (non-hydrogen) atoms. The Hall–Kier alpha value is -3.65. The van der Waals surface area contributed by atoms with Gasteiger partial charge in [-0.1, -0.05) is 30.2 Å². The third kappa shape index (κ3) is 5.78. The highest BCUT2D eigenvalue weighted by Gasteiger charge is 2.10. The summed E-state index contributed by atoms with van der Waals surface area (Å²) in [6.07, 6.45) is 4.28. The first kappa shape index (κ1) is 22.5. The van der Waals surface area contributed by atoms with Crippen molar-refractivity contribution in [3.63, 3.8) is 0 Å². The van der Waals surface area contributed by atoms with Crippen molar-refractivity contribution in [2.24, 2.45) is 0 Å². The summed E-state index contributed by atoms with van der Waals surface area (Å²) in [5.41, 5.74) is 3.04. The second-order valence-electron chi connectivity index (χ2n) is 7.80. The molecule has 0 aliphatic carbocycles. The third-order valence-electron chi connectivity index (χ3n) is 5.36. The van der Waals surface area contributed by atoms with Gasteiger partial charge in [0.1, 0.15) is 11.0 Å². The minimum atomic E-state index is -0.280. The number of fused-ring (bicyclic) bond motifs is 1. The molecule has 0 unspecified atom stereocenters. The number of H-pyrrole nitrogens is 1. The second-order valence-corrected chi connectivity index (χ2v) is 8.23. The number of nitrogens with one attached hydrogen (secondary N) is 1. The van der Waals surface area contributed by atoms with Crippen molar-refractivity contribution in [1.29, 1.82) is 0 Å². The molecular weight excluding hydrogens is 442 g/mol. The Labute approximate surface area is 194 Å². The lowest BCUT2D eigenvalue weighted by atomic mass is 10.0. The average Bonchev–Trinajstić information content (AvgIpc) is 3.28. The molecule has 0 bridgehead atoms. The minimum absolute atomic E-state index is 0.0105. The van der Waals surface area contributed by atoms with E-state index >= 15 is 0 Å². The Bertz CT molecular complexity index is 1340. The van der Waals surface area contributed by atoms with Crippen LogP contribution in [-0.2, 0) is 11.3 Å². The highest BCUT2D eigenvalue weighted by atomic mass is 35.5. The van der Waals surface area contributed by atoms with E-state index < -0.39 is 0 Å². The number of halogens is 1. The zero-order valence-corrected chi connectivity index (χ0v) is 18.6. The van der Waals surface area contributed by atoms with Crippen LogP contribution in [0.25, 0.3) is 22.3 Å². The van der Waals surface area contributed by atoms with Gasteiger partial charge in [0.15, 0.2) is 11.6 Å². The van der Waals surface area contributed by atoms with Crippen molar-refractivity contribution in [3.05, 3.63) is 75.8 Å². The van der Waals surface area contributed by atoms with E-state index in [1.54, 1.807) is 42.5 Å². The van der Waals surface area contributed by atoms with Gasteiger partial charge in [0.25, 0.3) is 5.56 Å². The van der Waals surface area contributed by atoms with Crippen LogP contribution in [0.4, 0.5) is 0 Å². The highest BCUT2D eigenvalue weighted by Crippen LogP contribution is 2.18. The van der Waals surface area contributed by atoms with Crippen LogP contribution in [0.3, 0.4) is 0 Å². The van der Waals surface area contributed by atoms with Crippen LogP contribution >= 0.6 is 11.6 Å². The fourth-order valence-electron chi connectivity index (χ4n) is 3.53. The third-order valence-corrected chi connectivity index (χ3v) is 5.62. The normalized spacial score (nSPS) is 11.1. The summed E-state index contributed by atoms with van der Waals surface area (Å²) in [7, 11) is 0. The standard InChI is InChI=1S/C24H22ClN5O3/c25-18-9-6-16(7-10-18)21-13-24(33)30(15-26-21)14-19(31)4-2-1-3-5-23(32)17-8-11-20-22(12-17)28-29-27-20/h6-13,15H,1-5,14H2,(H,27,28,29). The summed E-state index contributed by atoms with van der Waals surface area (Å²) < 4.78 is 1.31. The van der Waals surface area contributed by atoms with Crippen molar-refractivity contribution in [3.8, 4) is 11.3 Å². The SMILES string of the molecule is O=C(CCCCCC(=O)c1ccc2n[nH]nc2c1)Cn1cnc(-c2ccc(Cl)cc2)cc1=O. The molecule has 0 saturated heterocycles. The van der Waals surface area contributed by atoms with Crippen molar-refractivity contribution in [2.45, 2.75) is 38.6 Å². The molecule has 1 N–H and O–H groups in total. The smallest absolute Gasteiger partial charge is 0.254 e. The predicted octanol–water partition coefficient (Wildman–Crippen LogP) is 4.24. The Morgan fingerprint density at radius 2 is 1.67 bits per heavy atom. The molecule has 4 aromatic rings. The lowest BCUT2D eigenvalue weighted by Crippen LogP contribution is -2.24. The molecule has 0 saturated carbocycles. The molecule has 168 valence electrons. The van der Waals surface area contributed by atoms with Crippen molar-refractivity contribution < 1.29 is 9.59 Å². The predicted molar refractivity (Wildman–Crippen MR) is 125 cm³/mol. The molecule has 2 heterocycles. The minimum Gasteiger partial charge on any atom is -0.298 e. The van der Waals surface area contributed by atoms with Crippen LogP contribution in [0.15, 0.2) is 59.7 Å². The second kappa shape index (κ2) is 10.3. The molecular formula is C24H22ClN5O3. The Morgan fingerprint density at radius 3 is 2.45 bits per heavy atom. The number of ketones is 2. The van der Waals surface area contributed by atoms with Crippen LogP contribution < -0.4 is 5.56 Å². The van der Waals surface area contributed by atoms with Gasteiger partial charge >= 0.3 is 0 Å². The molecule has 0 aliphatic heterocycles.